The molecular weight excluding hydrogens is 340 g/mol. The fourth-order valence-corrected chi connectivity index (χ4v) is 2.63. The number of nitrogens with two attached hydrogens (primary N) is 2. The highest BCUT2D eigenvalue weighted by Crippen LogP contribution is 2.14. The fourth-order valence-electron chi connectivity index (χ4n) is 2.63. The Morgan fingerprint density at radius 1 is 1.15 bits per heavy atom. The molecule has 0 saturated heterocycles. The molecule has 6 heteroatoms. The van der Waals surface area contributed by atoms with Gasteiger partial charge >= 0.3 is 5.97 Å². The van der Waals surface area contributed by atoms with Crippen molar-refractivity contribution >= 4 is 24.2 Å². The summed E-state index contributed by atoms with van der Waals surface area (Å²) >= 11 is 0. The average Bonchev–Trinajstić information content (AvgIpc) is 2.64. The fraction of sp³-hybridized carbons (Fsp3) is 0.476. The minimum Gasteiger partial charge on any atom is -0.480 e. The van der Waals surface area contributed by atoms with Gasteiger partial charge in [-0.1, -0.05) is 62.6 Å². The molecule has 0 spiro atoms. The van der Waals surface area contributed by atoms with Crippen molar-refractivity contribution in [2.75, 3.05) is 6.54 Å². The molecule has 1 aromatic carbocycles. The number of benzene rings is 1. The van der Waals surface area contributed by atoms with Crippen LogP contribution in [0.25, 0.3) is 6.08 Å². The van der Waals surface area contributed by atoms with Gasteiger partial charge < -0.3 is 16.6 Å². The molecule has 0 aliphatic heterocycles. The number of hydrogen-bond donors (Lipinski definition) is 3. The van der Waals surface area contributed by atoms with Gasteiger partial charge in [0, 0.05) is 12.8 Å². The average molecular weight is 373 g/mol. The largest absolute Gasteiger partial charge is 0.480 e. The molecule has 6 nitrogen and oxygen atoms in total. The molecule has 27 heavy (non-hydrogen) atoms. The molecule has 1 rings (SSSR count). The maximum Gasteiger partial charge on any atom is 0.328 e. The molecule has 1 atom stereocenters. The van der Waals surface area contributed by atoms with Gasteiger partial charge in [-0.15, -0.1) is 0 Å². The Balaban J connectivity index is 2.78. The Hall–Kier alpha value is -2.63. The van der Waals surface area contributed by atoms with Crippen molar-refractivity contribution < 1.29 is 9.90 Å². The molecule has 148 valence electrons. The van der Waals surface area contributed by atoms with E-state index < -0.39 is 12.0 Å². The van der Waals surface area contributed by atoms with Gasteiger partial charge in [0.2, 0.25) is 0 Å². The van der Waals surface area contributed by atoms with Gasteiger partial charge in [0.1, 0.15) is 6.04 Å². The van der Waals surface area contributed by atoms with Crippen LogP contribution >= 0.6 is 0 Å². The maximum atomic E-state index is 11.5. The van der Waals surface area contributed by atoms with Crippen LogP contribution in [0.15, 0.2) is 45.9 Å². The quantitative estimate of drug-likeness (QED) is 0.279. The number of unbranched alkanes of at least 4 members (excludes halogenated alkanes) is 3. The molecule has 0 aliphatic carbocycles. The summed E-state index contributed by atoms with van der Waals surface area (Å²) in [6.07, 6.45) is 10.3. The highest BCUT2D eigenvalue weighted by molar-refractivity contribution is 5.87. The van der Waals surface area contributed by atoms with Gasteiger partial charge in [-0.3, -0.25) is 9.98 Å². The SMILES string of the molecule is CCCCCC/C(C=N[C@@H](CCCN=C(N)N)C(=O)O)=C\c1ccccc1. The lowest BCUT2D eigenvalue weighted by Crippen LogP contribution is -2.23. The normalized spacial score (nSPS) is 12.9. The molecule has 0 fully saturated rings. The number of guanidine groups is 1. The van der Waals surface area contributed by atoms with Crippen molar-refractivity contribution in [3.05, 3.63) is 41.5 Å². The van der Waals surface area contributed by atoms with E-state index in [0.29, 0.717) is 19.4 Å². The van der Waals surface area contributed by atoms with E-state index in [4.69, 9.17) is 11.5 Å². The maximum absolute atomic E-state index is 11.5. The number of rotatable bonds is 13. The van der Waals surface area contributed by atoms with Gasteiger partial charge in [-0.05, 0) is 36.8 Å². The number of hydrogen-bond acceptors (Lipinski definition) is 3. The lowest BCUT2D eigenvalue weighted by molar-refractivity contribution is -0.138. The lowest BCUT2D eigenvalue weighted by Gasteiger charge is -2.08. The Labute approximate surface area is 162 Å². The molecule has 0 heterocycles. The standard InChI is InChI=1S/C21H32N4O2/c1-2-3-4-6-12-18(15-17-10-7-5-8-11-17)16-25-19(20(26)27)13-9-14-24-21(22)23/h5,7-8,10-11,15-16,19H,2-4,6,9,12-14H2,1H3,(H,26,27)(H4,22,23,24)/b18-15+,25-16?/t19-/m0/s1. The van der Waals surface area contributed by atoms with Crippen LogP contribution in [0.2, 0.25) is 0 Å². The van der Waals surface area contributed by atoms with Crippen LogP contribution in [0, 0.1) is 0 Å². The van der Waals surface area contributed by atoms with Crippen molar-refractivity contribution in [1.29, 1.82) is 0 Å². The van der Waals surface area contributed by atoms with Crippen LogP contribution in [0.3, 0.4) is 0 Å². The first-order valence-corrected chi connectivity index (χ1v) is 9.60. The van der Waals surface area contributed by atoms with Crippen LogP contribution in [-0.4, -0.2) is 35.8 Å². The van der Waals surface area contributed by atoms with E-state index in [1.165, 1.54) is 12.8 Å². The highest BCUT2D eigenvalue weighted by atomic mass is 16.4. The zero-order valence-electron chi connectivity index (χ0n) is 16.2. The van der Waals surface area contributed by atoms with Crippen LogP contribution in [-0.2, 0) is 4.79 Å². The monoisotopic (exact) mass is 372 g/mol. The summed E-state index contributed by atoms with van der Waals surface area (Å²) in [7, 11) is 0. The summed E-state index contributed by atoms with van der Waals surface area (Å²) in [6, 6.07) is 9.23. The zero-order chi connectivity index (χ0) is 19.9. The van der Waals surface area contributed by atoms with Gasteiger partial charge in [0.25, 0.3) is 0 Å². The topological polar surface area (TPSA) is 114 Å². The van der Waals surface area contributed by atoms with E-state index in [0.717, 1.165) is 30.4 Å². The third-order valence-corrected chi connectivity index (χ3v) is 4.11. The van der Waals surface area contributed by atoms with Crippen LogP contribution in [0.4, 0.5) is 0 Å². The molecule has 5 N–H and O–H groups in total. The van der Waals surface area contributed by atoms with Crippen molar-refractivity contribution in [1.82, 2.24) is 0 Å². The second-order valence-corrected chi connectivity index (χ2v) is 6.52. The van der Waals surface area contributed by atoms with E-state index in [2.05, 4.69) is 23.0 Å². The third-order valence-electron chi connectivity index (χ3n) is 4.11. The number of carbonyl (C=O) groups is 1. The molecule has 0 radical (unpaired) electrons. The summed E-state index contributed by atoms with van der Waals surface area (Å²) in [5.41, 5.74) is 12.7. The number of carboxylic acids is 1. The summed E-state index contributed by atoms with van der Waals surface area (Å²) in [5, 5.41) is 9.41. The Bertz CT molecular complexity index is 635. The van der Waals surface area contributed by atoms with E-state index in [1.807, 2.05) is 30.3 Å². The van der Waals surface area contributed by atoms with Crippen molar-refractivity contribution in [3.8, 4) is 0 Å². The zero-order valence-corrected chi connectivity index (χ0v) is 16.2. The van der Waals surface area contributed by atoms with Gasteiger partial charge in [-0.25, -0.2) is 4.79 Å². The molecule has 0 aromatic heterocycles. The summed E-state index contributed by atoms with van der Waals surface area (Å²) in [6.45, 7) is 2.59. The minimum atomic E-state index is -0.930. The van der Waals surface area contributed by atoms with E-state index in [-0.39, 0.29) is 5.96 Å². The summed E-state index contributed by atoms with van der Waals surface area (Å²) < 4.78 is 0. The first-order valence-electron chi connectivity index (χ1n) is 9.60. The Kier molecular flexibility index (Phi) is 11.3. The summed E-state index contributed by atoms with van der Waals surface area (Å²) in [4.78, 5) is 19.7. The molecule has 0 saturated carbocycles. The summed E-state index contributed by atoms with van der Waals surface area (Å²) in [5.74, 6) is -0.911. The molecule has 0 unspecified atom stereocenters. The first-order chi connectivity index (χ1) is 13.0. The molecule has 0 bridgehead atoms. The molecule has 0 aliphatic rings. The molecule has 0 amide bonds. The highest BCUT2D eigenvalue weighted by Gasteiger charge is 2.14. The number of allylic oxidation sites excluding steroid dienone is 1. The van der Waals surface area contributed by atoms with E-state index in [1.54, 1.807) is 6.21 Å². The number of aliphatic carboxylic acids is 1. The van der Waals surface area contributed by atoms with E-state index >= 15 is 0 Å². The van der Waals surface area contributed by atoms with Crippen LogP contribution in [0.5, 0.6) is 0 Å². The van der Waals surface area contributed by atoms with Gasteiger partial charge in [0.15, 0.2) is 5.96 Å². The Morgan fingerprint density at radius 3 is 2.52 bits per heavy atom. The van der Waals surface area contributed by atoms with Gasteiger partial charge in [-0.2, -0.15) is 0 Å². The van der Waals surface area contributed by atoms with Crippen LogP contribution < -0.4 is 11.5 Å². The third kappa shape index (κ3) is 10.8. The second kappa shape index (κ2) is 13.6. The minimum absolute atomic E-state index is 0.0190. The molecular formula is C21H32N4O2. The second-order valence-electron chi connectivity index (χ2n) is 6.52. The first kappa shape index (κ1) is 22.4. The van der Waals surface area contributed by atoms with Crippen molar-refractivity contribution in [3.63, 3.8) is 0 Å². The number of carboxylic acid groups (broad SMARTS) is 1. The van der Waals surface area contributed by atoms with Crippen molar-refractivity contribution in [2.24, 2.45) is 21.5 Å². The van der Waals surface area contributed by atoms with Crippen LogP contribution in [0.1, 0.15) is 57.4 Å². The lowest BCUT2D eigenvalue weighted by atomic mass is 10.0. The number of nitrogens with zero attached hydrogens (tertiary/aromatic N) is 2. The predicted octanol–water partition coefficient (Wildman–Crippen LogP) is 3.62. The van der Waals surface area contributed by atoms with Crippen molar-refractivity contribution in [2.45, 2.75) is 57.9 Å². The van der Waals surface area contributed by atoms with E-state index in [9.17, 15) is 9.90 Å². The Morgan fingerprint density at radius 2 is 1.89 bits per heavy atom. The van der Waals surface area contributed by atoms with Gasteiger partial charge in [0.05, 0.1) is 0 Å². The smallest absolute Gasteiger partial charge is 0.328 e. The number of aliphatic imine (C=N–C) groups is 2. The predicted molar refractivity (Wildman–Crippen MR) is 113 cm³/mol. The molecule has 1 aromatic rings.